The molecule has 8 nitrogen and oxygen atoms in total. The lowest BCUT2D eigenvalue weighted by molar-refractivity contribution is -0.133. The zero-order valence-corrected chi connectivity index (χ0v) is 16.9. The van der Waals surface area contributed by atoms with Crippen LogP contribution in [0.1, 0.15) is 59.3 Å². The van der Waals surface area contributed by atoms with Crippen molar-refractivity contribution >= 4 is 17.6 Å². The average molecular weight is 385 g/mol. The number of carbonyl (C=O) groups is 3. The number of unbranched alkanes of at least 4 members (excludes halogenated alkanes) is 1. The summed E-state index contributed by atoms with van der Waals surface area (Å²) in [5, 5.41) is 14.5. The number of amides is 2. The van der Waals surface area contributed by atoms with Gasteiger partial charge in [0.1, 0.15) is 17.9 Å². The molecule has 1 rings (SSSR count). The second kappa shape index (κ2) is 12.8. The Morgan fingerprint density at radius 2 is 1.70 bits per heavy atom. The summed E-state index contributed by atoms with van der Waals surface area (Å²) in [5.41, 5.74) is 2.00. The lowest BCUT2D eigenvalue weighted by Gasteiger charge is -2.27. The van der Waals surface area contributed by atoms with Crippen LogP contribution in [0.2, 0.25) is 0 Å². The highest BCUT2D eigenvalue weighted by molar-refractivity contribution is 5.91. The van der Waals surface area contributed by atoms with Gasteiger partial charge in [0, 0.05) is 0 Å². The molecule has 1 fully saturated rings. The van der Waals surface area contributed by atoms with Crippen molar-refractivity contribution in [3.8, 4) is 0 Å². The Balaban J connectivity index is 2.54. The van der Waals surface area contributed by atoms with E-state index in [-0.39, 0.29) is 24.2 Å². The van der Waals surface area contributed by atoms with Crippen LogP contribution in [-0.2, 0) is 14.4 Å². The van der Waals surface area contributed by atoms with Gasteiger partial charge in [-0.2, -0.15) is 5.48 Å². The predicted octanol–water partition coefficient (Wildman–Crippen LogP) is 0.836. The van der Waals surface area contributed by atoms with Crippen LogP contribution in [-0.4, -0.2) is 66.0 Å². The third-order valence-corrected chi connectivity index (χ3v) is 4.90. The minimum Gasteiger partial charge on any atom is -0.347 e. The van der Waals surface area contributed by atoms with Crippen molar-refractivity contribution in [3.63, 3.8) is 0 Å². The molecule has 0 unspecified atom stereocenters. The molecule has 0 spiro atoms. The molecular formula is C19H36N4O4. The standard InChI is InChI=1S/C19H36N4O4/c1-14(2)17(22-27)19(26)21-16(18(25)20-13-15(3)24)9-5-8-12-23-10-6-4-7-11-23/h14,16-17,22,27H,4-13H2,1-3H3,(H,20,25)(H,21,26)/t16-,17-/m0/s1. The topological polar surface area (TPSA) is 111 Å². The molecule has 1 heterocycles. The van der Waals surface area contributed by atoms with E-state index in [2.05, 4.69) is 15.5 Å². The molecule has 1 saturated heterocycles. The van der Waals surface area contributed by atoms with Crippen molar-refractivity contribution < 1.29 is 19.6 Å². The van der Waals surface area contributed by atoms with Crippen molar-refractivity contribution in [2.45, 2.75) is 71.4 Å². The fraction of sp³-hybridized carbons (Fsp3) is 0.842. The van der Waals surface area contributed by atoms with Gasteiger partial charge in [-0.15, -0.1) is 0 Å². The van der Waals surface area contributed by atoms with Crippen LogP contribution in [0, 0.1) is 5.92 Å². The molecule has 156 valence electrons. The van der Waals surface area contributed by atoms with Crippen LogP contribution in [0.25, 0.3) is 0 Å². The minimum absolute atomic E-state index is 0.0508. The summed E-state index contributed by atoms with van der Waals surface area (Å²) >= 11 is 0. The van der Waals surface area contributed by atoms with Crippen LogP contribution in [0.4, 0.5) is 0 Å². The SMILES string of the molecule is CC(=O)CNC(=O)[C@H](CCCCN1CCCCC1)NC(=O)[C@@H](NO)C(C)C. The summed E-state index contributed by atoms with van der Waals surface area (Å²) in [5.74, 6) is -1.06. The molecule has 1 aliphatic rings. The number of hydrogen-bond acceptors (Lipinski definition) is 6. The van der Waals surface area contributed by atoms with E-state index < -0.39 is 18.0 Å². The molecule has 2 amide bonds. The first-order chi connectivity index (χ1) is 12.8. The maximum absolute atomic E-state index is 12.4. The molecule has 27 heavy (non-hydrogen) atoms. The monoisotopic (exact) mass is 384 g/mol. The first-order valence-electron chi connectivity index (χ1n) is 10.0. The average Bonchev–Trinajstić information content (AvgIpc) is 2.63. The third kappa shape index (κ3) is 9.30. The van der Waals surface area contributed by atoms with E-state index >= 15 is 0 Å². The van der Waals surface area contributed by atoms with Crippen molar-refractivity contribution in [3.05, 3.63) is 0 Å². The summed E-state index contributed by atoms with van der Waals surface area (Å²) < 4.78 is 0. The van der Waals surface area contributed by atoms with Crippen molar-refractivity contribution in [1.82, 2.24) is 21.0 Å². The number of piperidine rings is 1. The fourth-order valence-electron chi connectivity index (χ4n) is 3.24. The van der Waals surface area contributed by atoms with E-state index in [1.807, 2.05) is 5.48 Å². The minimum atomic E-state index is -0.790. The highest BCUT2D eigenvalue weighted by atomic mass is 16.5. The molecule has 0 aromatic rings. The summed E-state index contributed by atoms with van der Waals surface area (Å²) in [4.78, 5) is 38.3. The molecular weight excluding hydrogens is 348 g/mol. The van der Waals surface area contributed by atoms with Gasteiger partial charge in [-0.25, -0.2) is 0 Å². The van der Waals surface area contributed by atoms with E-state index in [0.29, 0.717) is 6.42 Å². The Morgan fingerprint density at radius 1 is 1.04 bits per heavy atom. The number of Topliss-reactive ketones (excluding diaryl/α,β-unsaturated/α-hetero) is 1. The van der Waals surface area contributed by atoms with Crippen molar-refractivity contribution in [1.29, 1.82) is 0 Å². The number of ketones is 1. The van der Waals surface area contributed by atoms with Crippen LogP contribution >= 0.6 is 0 Å². The fourth-order valence-corrected chi connectivity index (χ4v) is 3.24. The molecule has 0 aliphatic carbocycles. The Hall–Kier alpha value is -1.51. The van der Waals surface area contributed by atoms with E-state index in [1.165, 1.54) is 26.2 Å². The Bertz CT molecular complexity index is 478. The number of nitrogens with zero attached hydrogens (tertiary/aromatic N) is 1. The Kier molecular flexibility index (Phi) is 11.2. The van der Waals surface area contributed by atoms with Gasteiger partial charge in [0.25, 0.3) is 0 Å². The maximum atomic E-state index is 12.4. The van der Waals surface area contributed by atoms with Gasteiger partial charge in [-0.1, -0.05) is 20.3 Å². The normalized spacial score (nSPS) is 17.4. The summed E-state index contributed by atoms with van der Waals surface area (Å²) in [7, 11) is 0. The zero-order chi connectivity index (χ0) is 20.2. The Labute approximate surface area is 162 Å². The van der Waals surface area contributed by atoms with Crippen molar-refractivity contribution in [2.75, 3.05) is 26.2 Å². The number of likely N-dealkylation sites (tertiary alicyclic amines) is 1. The van der Waals surface area contributed by atoms with Crippen molar-refractivity contribution in [2.24, 2.45) is 5.92 Å². The molecule has 2 atom stereocenters. The summed E-state index contributed by atoms with van der Waals surface area (Å²) in [6.45, 7) is 8.23. The number of nitrogens with one attached hydrogen (secondary N) is 3. The number of rotatable bonds is 12. The maximum Gasteiger partial charge on any atom is 0.242 e. The Morgan fingerprint density at radius 3 is 2.26 bits per heavy atom. The van der Waals surface area contributed by atoms with Crippen LogP contribution in [0.15, 0.2) is 0 Å². The first-order valence-corrected chi connectivity index (χ1v) is 10.0. The molecule has 1 aliphatic heterocycles. The van der Waals surface area contributed by atoms with Crippen LogP contribution in [0.3, 0.4) is 0 Å². The van der Waals surface area contributed by atoms with Gasteiger partial charge in [-0.3, -0.25) is 14.4 Å². The number of hydroxylamine groups is 1. The lowest BCUT2D eigenvalue weighted by atomic mass is 10.0. The second-order valence-corrected chi connectivity index (χ2v) is 7.73. The number of carbonyl (C=O) groups excluding carboxylic acids is 3. The molecule has 0 saturated carbocycles. The molecule has 4 N–H and O–H groups in total. The second-order valence-electron chi connectivity index (χ2n) is 7.73. The van der Waals surface area contributed by atoms with E-state index in [0.717, 1.165) is 32.5 Å². The predicted molar refractivity (Wildman–Crippen MR) is 103 cm³/mol. The van der Waals surface area contributed by atoms with Gasteiger partial charge < -0.3 is 20.7 Å². The number of hydrogen-bond donors (Lipinski definition) is 4. The van der Waals surface area contributed by atoms with E-state index in [1.54, 1.807) is 13.8 Å². The third-order valence-electron chi connectivity index (χ3n) is 4.90. The molecule has 8 heteroatoms. The zero-order valence-electron chi connectivity index (χ0n) is 16.9. The summed E-state index contributed by atoms with van der Waals surface area (Å²) in [6, 6.07) is -1.51. The molecule has 0 bridgehead atoms. The first kappa shape index (κ1) is 23.5. The highest BCUT2D eigenvalue weighted by Gasteiger charge is 2.27. The highest BCUT2D eigenvalue weighted by Crippen LogP contribution is 2.11. The smallest absolute Gasteiger partial charge is 0.242 e. The van der Waals surface area contributed by atoms with Gasteiger partial charge in [0.15, 0.2) is 0 Å². The van der Waals surface area contributed by atoms with Gasteiger partial charge in [0.2, 0.25) is 11.8 Å². The van der Waals surface area contributed by atoms with Gasteiger partial charge in [-0.05, 0) is 64.6 Å². The van der Waals surface area contributed by atoms with Gasteiger partial charge in [0.05, 0.1) is 6.54 Å². The van der Waals surface area contributed by atoms with Crippen LogP contribution in [0.5, 0.6) is 0 Å². The van der Waals surface area contributed by atoms with E-state index in [4.69, 9.17) is 0 Å². The largest absolute Gasteiger partial charge is 0.347 e. The van der Waals surface area contributed by atoms with E-state index in [9.17, 15) is 19.6 Å². The van der Waals surface area contributed by atoms with Crippen LogP contribution < -0.4 is 16.1 Å². The molecule has 0 aromatic carbocycles. The summed E-state index contributed by atoms with van der Waals surface area (Å²) in [6.07, 6.45) is 6.05. The van der Waals surface area contributed by atoms with Gasteiger partial charge >= 0.3 is 0 Å². The molecule has 0 aromatic heterocycles. The quantitative estimate of drug-likeness (QED) is 0.293. The lowest BCUT2D eigenvalue weighted by Crippen LogP contribution is -2.54. The molecule has 0 radical (unpaired) electrons.